The molecule has 0 aliphatic heterocycles. The highest BCUT2D eigenvalue weighted by atomic mass is 32.1. The van der Waals surface area contributed by atoms with Crippen LogP contribution in [0.1, 0.15) is 26.6 Å². The molecule has 0 spiro atoms. The van der Waals surface area contributed by atoms with E-state index >= 15 is 0 Å². The van der Waals surface area contributed by atoms with Crippen LogP contribution in [0.25, 0.3) is 0 Å². The van der Waals surface area contributed by atoms with Crippen molar-refractivity contribution >= 4 is 11.3 Å². The predicted molar refractivity (Wildman–Crippen MR) is 77.9 cm³/mol. The summed E-state index contributed by atoms with van der Waals surface area (Å²) in [6.45, 7) is 6.94. The lowest BCUT2D eigenvalue weighted by Gasteiger charge is -2.11. The van der Waals surface area contributed by atoms with Gasteiger partial charge in [0.1, 0.15) is 5.75 Å². The van der Waals surface area contributed by atoms with Crippen molar-refractivity contribution in [1.82, 2.24) is 4.98 Å². The van der Waals surface area contributed by atoms with Gasteiger partial charge in [0.15, 0.2) is 0 Å². The molecule has 0 atom stereocenters. The van der Waals surface area contributed by atoms with E-state index in [-0.39, 0.29) is 6.61 Å². The molecular formula is C15H19NO2S. The van der Waals surface area contributed by atoms with Gasteiger partial charge in [-0.3, -0.25) is 0 Å². The van der Waals surface area contributed by atoms with Crippen LogP contribution in [0, 0.1) is 20.8 Å². The largest absolute Gasteiger partial charge is 0.493 e. The number of hydrogen-bond acceptors (Lipinski definition) is 4. The summed E-state index contributed by atoms with van der Waals surface area (Å²) < 4.78 is 5.85. The van der Waals surface area contributed by atoms with Crippen molar-refractivity contribution < 1.29 is 9.84 Å². The third-order valence-electron chi connectivity index (χ3n) is 3.09. The molecule has 0 aliphatic rings. The molecule has 2 rings (SSSR count). The van der Waals surface area contributed by atoms with Gasteiger partial charge in [0.25, 0.3) is 0 Å². The molecule has 19 heavy (non-hydrogen) atoms. The van der Waals surface area contributed by atoms with E-state index in [1.54, 1.807) is 6.20 Å². The molecular weight excluding hydrogens is 258 g/mol. The van der Waals surface area contributed by atoms with E-state index in [2.05, 4.69) is 37.9 Å². The Morgan fingerprint density at radius 1 is 1.26 bits per heavy atom. The lowest BCUT2D eigenvalue weighted by Crippen LogP contribution is -2.03. The summed E-state index contributed by atoms with van der Waals surface area (Å²) in [5, 5.41) is 10.00. The first-order valence-electron chi connectivity index (χ1n) is 6.35. The van der Waals surface area contributed by atoms with Crippen LogP contribution in [-0.4, -0.2) is 16.7 Å². The topological polar surface area (TPSA) is 42.4 Å². The molecule has 102 valence electrons. The molecule has 1 heterocycles. The van der Waals surface area contributed by atoms with Crippen LogP contribution in [0.15, 0.2) is 18.3 Å². The zero-order valence-electron chi connectivity index (χ0n) is 11.6. The third-order valence-corrected chi connectivity index (χ3v) is 4.14. The fourth-order valence-corrected chi connectivity index (χ4v) is 2.70. The smallest absolute Gasteiger partial charge is 0.122 e. The average molecular weight is 277 g/mol. The van der Waals surface area contributed by atoms with Gasteiger partial charge in [-0.15, -0.1) is 11.3 Å². The van der Waals surface area contributed by atoms with Gasteiger partial charge < -0.3 is 9.84 Å². The first kappa shape index (κ1) is 14.0. The van der Waals surface area contributed by atoms with Gasteiger partial charge in [-0.25, -0.2) is 4.98 Å². The fraction of sp³-hybridized carbons (Fsp3) is 0.400. The van der Waals surface area contributed by atoms with Gasteiger partial charge in [-0.05, 0) is 43.5 Å². The Labute approximate surface area is 117 Å². The second-order valence-electron chi connectivity index (χ2n) is 4.68. The van der Waals surface area contributed by atoms with Gasteiger partial charge in [0, 0.05) is 12.6 Å². The summed E-state index contributed by atoms with van der Waals surface area (Å²) in [6, 6.07) is 4.24. The van der Waals surface area contributed by atoms with Crippen molar-refractivity contribution in [2.75, 3.05) is 6.61 Å². The van der Waals surface area contributed by atoms with Crippen LogP contribution in [0.5, 0.6) is 5.75 Å². The maximum absolute atomic E-state index is 8.99. The van der Waals surface area contributed by atoms with Crippen molar-refractivity contribution in [3.05, 3.63) is 44.9 Å². The Bertz CT molecular complexity index is 563. The number of benzene rings is 1. The van der Waals surface area contributed by atoms with Gasteiger partial charge in [-0.2, -0.15) is 0 Å². The van der Waals surface area contributed by atoms with Gasteiger partial charge in [0.2, 0.25) is 0 Å². The number of aliphatic hydroxyl groups excluding tert-OH is 1. The van der Waals surface area contributed by atoms with Gasteiger partial charge in [0.05, 0.1) is 23.1 Å². The minimum atomic E-state index is 0.0642. The monoisotopic (exact) mass is 277 g/mol. The van der Waals surface area contributed by atoms with Crippen LogP contribution in [-0.2, 0) is 13.0 Å². The fourth-order valence-electron chi connectivity index (χ4n) is 1.94. The zero-order chi connectivity index (χ0) is 13.8. The Morgan fingerprint density at radius 2 is 2.05 bits per heavy atom. The molecule has 0 bridgehead atoms. The number of nitrogens with zero attached hydrogens (tertiary/aromatic N) is 1. The second kappa shape index (κ2) is 6.17. The predicted octanol–water partition coefficient (Wildman–Crippen LogP) is 3.18. The molecule has 0 unspecified atom stereocenters. The van der Waals surface area contributed by atoms with E-state index in [4.69, 9.17) is 9.84 Å². The van der Waals surface area contributed by atoms with Crippen molar-refractivity contribution in [2.45, 2.75) is 33.8 Å². The van der Waals surface area contributed by atoms with E-state index in [1.807, 2.05) is 0 Å². The molecule has 0 saturated carbocycles. The SMILES string of the molecule is Cc1cc(C)c(C)c(OCCc2ncc(CO)s2)c1. The maximum atomic E-state index is 8.99. The summed E-state index contributed by atoms with van der Waals surface area (Å²) in [5.74, 6) is 0.955. The van der Waals surface area contributed by atoms with Crippen molar-refractivity contribution in [3.63, 3.8) is 0 Å². The highest BCUT2D eigenvalue weighted by Gasteiger charge is 2.05. The minimum absolute atomic E-state index is 0.0642. The molecule has 1 N–H and O–H groups in total. The van der Waals surface area contributed by atoms with Gasteiger partial charge in [-0.1, -0.05) is 6.07 Å². The van der Waals surface area contributed by atoms with E-state index in [9.17, 15) is 0 Å². The molecule has 4 heteroatoms. The number of rotatable bonds is 5. The quantitative estimate of drug-likeness (QED) is 0.912. The molecule has 2 aromatic rings. The lowest BCUT2D eigenvalue weighted by atomic mass is 10.1. The molecule has 0 aliphatic carbocycles. The Balaban J connectivity index is 1.95. The number of ether oxygens (including phenoxy) is 1. The number of aliphatic hydroxyl groups is 1. The number of thiazole rings is 1. The second-order valence-corrected chi connectivity index (χ2v) is 5.88. The number of aryl methyl sites for hydroxylation is 2. The zero-order valence-corrected chi connectivity index (χ0v) is 12.4. The summed E-state index contributed by atoms with van der Waals surface area (Å²) in [4.78, 5) is 5.15. The molecule has 1 aromatic carbocycles. The molecule has 0 amide bonds. The van der Waals surface area contributed by atoms with Crippen LogP contribution in [0.3, 0.4) is 0 Å². The first-order chi connectivity index (χ1) is 9.10. The average Bonchev–Trinajstić information content (AvgIpc) is 2.83. The van der Waals surface area contributed by atoms with E-state index in [0.29, 0.717) is 6.61 Å². The lowest BCUT2D eigenvalue weighted by molar-refractivity contribution is 0.285. The first-order valence-corrected chi connectivity index (χ1v) is 7.17. The van der Waals surface area contributed by atoms with Crippen molar-refractivity contribution in [3.8, 4) is 5.75 Å². The molecule has 0 radical (unpaired) electrons. The van der Waals surface area contributed by atoms with Gasteiger partial charge >= 0.3 is 0 Å². The highest BCUT2D eigenvalue weighted by molar-refractivity contribution is 7.11. The van der Waals surface area contributed by atoms with Crippen LogP contribution >= 0.6 is 11.3 Å². The normalized spacial score (nSPS) is 10.7. The van der Waals surface area contributed by atoms with Crippen LogP contribution < -0.4 is 4.74 Å². The van der Waals surface area contributed by atoms with E-state index < -0.39 is 0 Å². The Morgan fingerprint density at radius 3 is 2.74 bits per heavy atom. The number of aromatic nitrogens is 1. The van der Waals surface area contributed by atoms with Crippen LogP contribution in [0.2, 0.25) is 0 Å². The molecule has 1 aromatic heterocycles. The third kappa shape index (κ3) is 3.55. The van der Waals surface area contributed by atoms with Crippen molar-refractivity contribution in [2.24, 2.45) is 0 Å². The summed E-state index contributed by atoms with van der Waals surface area (Å²) in [7, 11) is 0. The molecule has 0 saturated heterocycles. The minimum Gasteiger partial charge on any atom is -0.493 e. The Hall–Kier alpha value is -1.39. The summed E-state index contributed by atoms with van der Waals surface area (Å²) in [6.07, 6.45) is 2.50. The molecule has 3 nitrogen and oxygen atoms in total. The standard InChI is InChI=1S/C15H19NO2S/c1-10-6-11(2)12(3)14(7-10)18-5-4-15-16-8-13(9-17)19-15/h6-8,17H,4-5,9H2,1-3H3. The highest BCUT2D eigenvalue weighted by Crippen LogP contribution is 2.23. The number of hydrogen-bond donors (Lipinski definition) is 1. The summed E-state index contributed by atoms with van der Waals surface area (Å²) in [5.41, 5.74) is 3.67. The van der Waals surface area contributed by atoms with E-state index in [0.717, 1.165) is 22.1 Å². The summed E-state index contributed by atoms with van der Waals surface area (Å²) >= 11 is 1.54. The van der Waals surface area contributed by atoms with Crippen molar-refractivity contribution in [1.29, 1.82) is 0 Å². The Kier molecular flexibility index (Phi) is 4.56. The van der Waals surface area contributed by atoms with Crippen LogP contribution in [0.4, 0.5) is 0 Å². The molecule has 0 fully saturated rings. The van der Waals surface area contributed by atoms with E-state index in [1.165, 1.54) is 28.0 Å². The maximum Gasteiger partial charge on any atom is 0.122 e.